The molecule has 0 unspecified atom stereocenters. The Morgan fingerprint density at radius 2 is 1.24 bits per heavy atom. The molecule has 0 saturated carbocycles. The minimum absolute atomic E-state index is 0.379. The molecule has 0 aliphatic rings. The molecule has 3 heteroatoms. The van der Waals surface area contributed by atoms with Crippen molar-refractivity contribution in [1.82, 2.24) is 0 Å². The van der Waals surface area contributed by atoms with E-state index in [1.807, 2.05) is 60.7 Å². The summed E-state index contributed by atoms with van der Waals surface area (Å²) in [6.45, 7) is 0.834. The van der Waals surface area contributed by atoms with Gasteiger partial charge in [0.2, 0.25) is 0 Å². The molecule has 0 aliphatic heterocycles. The Labute approximate surface area is 100 Å². The van der Waals surface area contributed by atoms with Crippen molar-refractivity contribution in [2.75, 3.05) is 13.2 Å². The van der Waals surface area contributed by atoms with Crippen LogP contribution >= 0.6 is 0 Å². The minimum atomic E-state index is 0.379. The first-order chi connectivity index (χ1) is 8.45. The molecule has 88 valence electrons. The van der Waals surface area contributed by atoms with Gasteiger partial charge in [0, 0.05) is 0 Å². The summed E-state index contributed by atoms with van der Waals surface area (Å²) < 4.78 is 5.44. The molecule has 3 nitrogen and oxygen atoms in total. The molecule has 0 aromatic heterocycles. The summed E-state index contributed by atoms with van der Waals surface area (Å²) in [4.78, 5) is 10.1. The number of rotatable bonds is 6. The zero-order valence-corrected chi connectivity index (χ0v) is 9.41. The van der Waals surface area contributed by atoms with E-state index in [4.69, 9.17) is 14.5 Å². The summed E-state index contributed by atoms with van der Waals surface area (Å²) in [6, 6.07) is 19.0. The minimum Gasteiger partial charge on any atom is -0.491 e. The van der Waals surface area contributed by atoms with Gasteiger partial charge in [-0.25, -0.2) is 0 Å². The van der Waals surface area contributed by atoms with Crippen LogP contribution in [-0.4, -0.2) is 13.2 Å². The van der Waals surface area contributed by atoms with Crippen LogP contribution in [0.1, 0.15) is 0 Å². The Balaban J connectivity index is 1.61. The van der Waals surface area contributed by atoms with Crippen LogP contribution in [0.5, 0.6) is 11.5 Å². The van der Waals surface area contributed by atoms with Crippen molar-refractivity contribution in [3.05, 3.63) is 60.7 Å². The molecule has 2 rings (SSSR count). The van der Waals surface area contributed by atoms with Crippen LogP contribution in [-0.2, 0) is 4.89 Å². The fourth-order valence-electron chi connectivity index (χ4n) is 1.30. The van der Waals surface area contributed by atoms with Gasteiger partial charge in [0.1, 0.15) is 19.0 Å². The van der Waals surface area contributed by atoms with E-state index >= 15 is 0 Å². The summed E-state index contributed by atoms with van der Waals surface area (Å²) in [7, 11) is 0. The zero-order valence-electron chi connectivity index (χ0n) is 9.41. The average molecular weight is 230 g/mol. The first-order valence-corrected chi connectivity index (χ1v) is 5.47. The maximum Gasteiger partial charge on any atom is 0.165 e. The molecular formula is C14H14O3. The molecule has 0 amide bonds. The molecule has 0 heterocycles. The third-order valence-corrected chi connectivity index (χ3v) is 2.08. The van der Waals surface area contributed by atoms with Gasteiger partial charge >= 0.3 is 0 Å². The van der Waals surface area contributed by atoms with Gasteiger partial charge in [0.15, 0.2) is 5.75 Å². The van der Waals surface area contributed by atoms with Crippen LogP contribution < -0.4 is 9.62 Å². The van der Waals surface area contributed by atoms with Crippen LogP contribution in [0.25, 0.3) is 0 Å². The maximum atomic E-state index is 5.44. The van der Waals surface area contributed by atoms with Crippen LogP contribution in [0.4, 0.5) is 0 Å². The normalized spacial score (nSPS) is 9.88. The predicted molar refractivity (Wildman–Crippen MR) is 65.0 cm³/mol. The first-order valence-electron chi connectivity index (χ1n) is 5.47. The van der Waals surface area contributed by atoms with Crippen molar-refractivity contribution in [2.24, 2.45) is 0 Å². The van der Waals surface area contributed by atoms with Gasteiger partial charge in [-0.15, -0.1) is 0 Å². The largest absolute Gasteiger partial charge is 0.491 e. The lowest BCUT2D eigenvalue weighted by Gasteiger charge is -2.06. The molecule has 0 bridgehead atoms. The average Bonchev–Trinajstić information content (AvgIpc) is 2.41. The Hall–Kier alpha value is -2.00. The van der Waals surface area contributed by atoms with E-state index < -0.39 is 0 Å². The highest BCUT2D eigenvalue weighted by Gasteiger charge is 1.94. The number of hydrogen-bond donors (Lipinski definition) is 0. The lowest BCUT2D eigenvalue weighted by atomic mass is 10.3. The summed E-state index contributed by atoms with van der Waals surface area (Å²) in [6.07, 6.45) is 0. The Bertz CT molecular complexity index is 372. The summed E-state index contributed by atoms with van der Waals surface area (Å²) in [5, 5.41) is 0. The molecule has 2 aromatic rings. The topological polar surface area (TPSA) is 27.7 Å². The van der Waals surface area contributed by atoms with Crippen molar-refractivity contribution in [1.29, 1.82) is 0 Å². The Morgan fingerprint density at radius 3 is 1.88 bits per heavy atom. The van der Waals surface area contributed by atoms with E-state index in [2.05, 4.69) is 0 Å². The smallest absolute Gasteiger partial charge is 0.165 e. The zero-order chi connectivity index (χ0) is 11.8. The molecule has 17 heavy (non-hydrogen) atoms. The molecule has 0 N–H and O–H groups in total. The monoisotopic (exact) mass is 230 g/mol. The molecule has 0 spiro atoms. The molecule has 0 fully saturated rings. The van der Waals surface area contributed by atoms with E-state index in [1.54, 1.807) is 0 Å². The van der Waals surface area contributed by atoms with Gasteiger partial charge in [-0.05, 0) is 24.3 Å². The van der Waals surface area contributed by atoms with E-state index in [-0.39, 0.29) is 0 Å². The third-order valence-electron chi connectivity index (χ3n) is 2.08. The summed E-state index contributed by atoms with van der Waals surface area (Å²) in [5.74, 6) is 1.52. The molecular weight excluding hydrogens is 216 g/mol. The van der Waals surface area contributed by atoms with Gasteiger partial charge in [0.05, 0.1) is 0 Å². The van der Waals surface area contributed by atoms with Crippen molar-refractivity contribution in [3.63, 3.8) is 0 Å². The number of benzene rings is 2. The van der Waals surface area contributed by atoms with Crippen molar-refractivity contribution in [2.45, 2.75) is 0 Å². The first kappa shape index (κ1) is 11.5. The fourth-order valence-corrected chi connectivity index (χ4v) is 1.30. The van der Waals surface area contributed by atoms with Crippen LogP contribution in [0.15, 0.2) is 60.7 Å². The molecule has 0 aliphatic carbocycles. The quantitative estimate of drug-likeness (QED) is 0.433. The molecule has 0 atom stereocenters. The van der Waals surface area contributed by atoms with Crippen molar-refractivity contribution >= 4 is 0 Å². The van der Waals surface area contributed by atoms with Crippen LogP contribution in [0.3, 0.4) is 0 Å². The highest BCUT2D eigenvalue weighted by molar-refractivity contribution is 5.21. The standard InChI is InChI=1S/C14H14O3/c1-3-7-13(8-4-1)15-11-12-16-17-14-9-5-2-6-10-14/h1-10H,11-12H2. The highest BCUT2D eigenvalue weighted by atomic mass is 17.2. The van der Waals surface area contributed by atoms with E-state index in [1.165, 1.54) is 0 Å². The second-order valence-electron chi connectivity index (χ2n) is 3.38. The maximum absolute atomic E-state index is 5.44. The third kappa shape index (κ3) is 4.17. The van der Waals surface area contributed by atoms with Gasteiger partial charge in [0.25, 0.3) is 0 Å². The highest BCUT2D eigenvalue weighted by Crippen LogP contribution is 2.09. The van der Waals surface area contributed by atoms with E-state index in [0.29, 0.717) is 19.0 Å². The number of hydrogen-bond acceptors (Lipinski definition) is 3. The summed E-state index contributed by atoms with van der Waals surface area (Å²) >= 11 is 0. The van der Waals surface area contributed by atoms with Crippen LogP contribution in [0, 0.1) is 0 Å². The van der Waals surface area contributed by atoms with Gasteiger partial charge in [-0.3, -0.25) is 0 Å². The number of para-hydroxylation sites is 2. The summed E-state index contributed by atoms with van der Waals surface area (Å²) in [5.41, 5.74) is 0. The Morgan fingerprint density at radius 1 is 0.647 bits per heavy atom. The van der Waals surface area contributed by atoms with E-state index in [0.717, 1.165) is 5.75 Å². The van der Waals surface area contributed by atoms with Gasteiger partial charge in [-0.2, -0.15) is 4.89 Å². The molecule has 2 aromatic carbocycles. The van der Waals surface area contributed by atoms with Crippen LogP contribution in [0.2, 0.25) is 0 Å². The lowest BCUT2D eigenvalue weighted by molar-refractivity contribution is -0.210. The van der Waals surface area contributed by atoms with Gasteiger partial charge < -0.3 is 9.62 Å². The van der Waals surface area contributed by atoms with Gasteiger partial charge in [-0.1, -0.05) is 36.4 Å². The lowest BCUT2D eigenvalue weighted by Crippen LogP contribution is -2.08. The van der Waals surface area contributed by atoms with Crippen molar-refractivity contribution in [3.8, 4) is 11.5 Å². The fraction of sp³-hybridized carbons (Fsp3) is 0.143. The Kier molecular flexibility index (Phi) is 4.43. The predicted octanol–water partition coefficient (Wildman–Crippen LogP) is 3.08. The molecule has 0 radical (unpaired) electrons. The second-order valence-corrected chi connectivity index (χ2v) is 3.38. The van der Waals surface area contributed by atoms with E-state index in [9.17, 15) is 0 Å². The SMILES string of the molecule is c1ccc(OCCOOc2ccccc2)cc1. The second kappa shape index (κ2) is 6.55. The number of ether oxygens (including phenoxy) is 1. The van der Waals surface area contributed by atoms with Crippen molar-refractivity contribution < 1.29 is 14.5 Å². The molecule has 0 saturated heterocycles.